The lowest BCUT2D eigenvalue weighted by Crippen LogP contribution is -2.32. The molecule has 186 valence electrons. The molecule has 4 aromatic heterocycles. The Bertz CT molecular complexity index is 1550. The molecule has 0 aliphatic carbocycles. The van der Waals surface area contributed by atoms with E-state index >= 15 is 0 Å². The third-order valence-electron chi connectivity index (χ3n) is 5.57. The fourth-order valence-electron chi connectivity index (χ4n) is 3.84. The molecule has 0 spiro atoms. The Labute approximate surface area is 217 Å². The Morgan fingerprint density at radius 3 is 2.42 bits per heavy atom. The lowest BCUT2D eigenvalue weighted by atomic mass is 10.00. The molecular weight excluding hydrogens is 503 g/mol. The Kier molecular flexibility index (Phi) is 7.04. The summed E-state index contributed by atoms with van der Waals surface area (Å²) in [5.74, 6) is 0.685. The van der Waals surface area contributed by atoms with Crippen LogP contribution < -0.4 is 15.9 Å². The monoisotopic (exact) mass is 526 g/mol. The molecule has 0 amide bonds. The zero-order valence-electron chi connectivity index (χ0n) is 20.1. The van der Waals surface area contributed by atoms with E-state index in [1.165, 1.54) is 47.5 Å². The summed E-state index contributed by atoms with van der Waals surface area (Å²) < 4.78 is 8.58. The fourth-order valence-corrected chi connectivity index (χ4v) is 4.32. The molecule has 0 bridgehead atoms. The van der Waals surface area contributed by atoms with E-state index in [0.29, 0.717) is 27.8 Å². The van der Waals surface area contributed by atoms with Crippen molar-refractivity contribution < 1.29 is 9.84 Å². The van der Waals surface area contributed by atoms with Crippen LogP contribution in [0.1, 0.15) is 36.4 Å². The van der Waals surface area contributed by atoms with E-state index in [2.05, 4.69) is 9.97 Å². The molecule has 0 aliphatic heterocycles. The second-order valence-corrected chi connectivity index (χ2v) is 9.71. The number of hydrogen-bond acceptors (Lipinski definition) is 6. The van der Waals surface area contributed by atoms with Crippen molar-refractivity contribution in [3.63, 3.8) is 0 Å². The van der Waals surface area contributed by atoms with Gasteiger partial charge in [0.25, 0.3) is 11.1 Å². The van der Waals surface area contributed by atoms with E-state index in [4.69, 9.17) is 27.9 Å². The van der Waals surface area contributed by atoms with Gasteiger partial charge in [-0.05, 0) is 51.5 Å². The van der Waals surface area contributed by atoms with Gasteiger partial charge in [0.05, 0.1) is 32.6 Å². The van der Waals surface area contributed by atoms with Gasteiger partial charge in [-0.25, -0.2) is 4.98 Å². The molecule has 0 aromatic carbocycles. The molecule has 4 heterocycles. The first-order valence-corrected chi connectivity index (χ1v) is 11.8. The highest BCUT2D eigenvalue weighted by molar-refractivity contribution is 6.31. The van der Waals surface area contributed by atoms with Gasteiger partial charge in [-0.1, -0.05) is 23.2 Å². The molecule has 8 nitrogen and oxygen atoms in total. The van der Waals surface area contributed by atoms with Gasteiger partial charge < -0.3 is 9.84 Å². The lowest BCUT2D eigenvalue weighted by molar-refractivity contribution is 0.0769. The summed E-state index contributed by atoms with van der Waals surface area (Å²) in [4.78, 5) is 34.8. The zero-order chi connectivity index (χ0) is 26.2. The summed E-state index contributed by atoms with van der Waals surface area (Å²) in [6.45, 7) is 6.77. The van der Waals surface area contributed by atoms with Gasteiger partial charge in [0.1, 0.15) is 18.2 Å². The van der Waals surface area contributed by atoms with E-state index in [9.17, 15) is 14.7 Å². The van der Waals surface area contributed by atoms with Crippen molar-refractivity contribution in [2.75, 3.05) is 0 Å². The largest absolute Gasteiger partial charge is 0.487 e. The topological polar surface area (TPSA) is 99.2 Å². The van der Waals surface area contributed by atoms with Gasteiger partial charge in [-0.2, -0.15) is 0 Å². The van der Waals surface area contributed by atoms with Gasteiger partial charge in [0, 0.05) is 42.5 Å². The van der Waals surface area contributed by atoms with Crippen LogP contribution in [-0.4, -0.2) is 24.2 Å². The molecule has 0 atom stereocenters. The normalized spacial score (nSPS) is 11.5. The Morgan fingerprint density at radius 1 is 1.03 bits per heavy atom. The maximum Gasteiger partial charge on any atom is 0.263 e. The maximum absolute atomic E-state index is 13.1. The number of ether oxygens (including phenoxy) is 1. The van der Waals surface area contributed by atoms with Crippen molar-refractivity contribution in [2.24, 2.45) is 0 Å². The number of halogens is 2. The van der Waals surface area contributed by atoms with Crippen LogP contribution in [0.4, 0.5) is 0 Å². The van der Waals surface area contributed by atoms with Crippen molar-refractivity contribution in [1.29, 1.82) is 0 Å². The smallest absolute Gasteiger partial charge is 0.263 e. The summed E-state index contributed by atoms with van der Waals surface area (Å²) in [6, 6.07) is 9.78. The summed E-state index contributed by atoms with van der Waals surface area (Å²) >= 11 is 12.1. The number of aromatic nitrogens is 4. The third kappa shape index (κ3) is 5.21. The Morgan fingerprint density at radius 2 is 1.78 bits per heavy atom. The number of rotatable bonds is 6. The highest BCUT2D eigenvalue weighted by Crippen LogP contribution is 2.25. The van der Waals surface area contributed by atoms with Crippen LogP contribution in [-0.2, 0) is 12.2 Å². The van der Waals surface area contributed by atoms with Crippen LogP contribution in [0.25, 0.3) is 11.5 Å². The van der Waals surface area contributed by atoms with Gasteiger partial charge in [-0.3, -0.25) is 23.7 Å². The highest BCUT2D eigenvalue weighted by atomic mass is 35.5. The molecule has 0 unspecified atom stereocenters. The first-order chi connectivity index (χ1) is 17.0. The van der Waals surface area contributed by atoms with Gasteiger partial charge in [-0.15, -0.1) is 0 Å². The summed E-state index contributed by atoms with van der Waals surface area (Å²) in [7, 11) is 0. The number of pyridine rings is 4. The van der Waals surface area contributed by atoms with Crippen LogP contribution in [0.2, 0.25) is 10.0 Å². The van der Waals surface area contributed by atoms with Crippen molar-refractivity contribution in [3.8, 4) is 17.3 Å². The molecule has 0 aliphatic rings. The third-order valence-corrected chi connectivity index (χ3v) is 6.11. The standard InChI is InChI=1S/C26H24Cl2N4O4/c1-15-12-30-22(31-8-7-20(28)24(25(31)34)26(3,4)35)11-21(15)32-16(2)9-19(10-23(32)33)36-14-18-6-5-17(27)13-29-18/h5-13,35H,14H2,1-4H3. The minimum atomic E-state index is -1.45. The quantitative estimate of drug-likeness (QED) is 0.396. The average Bonchev–Trinajstić information content (AvgIpc) is 2.79. The van der Waals surface area contributed by atoms with E-state index in [0.717, 1.165) is 5.56 Å². The fraction of sp³-hybridized carbons (Fsp3) is 0.231. The number of aryl methyl sites for hydroxylation is 2. The minimum Gasteiger partial charge on any atom is -0.487 e. The molecule has 0 saturated heterocycles. The van der Waals surface area contributed by atoms with Crippen LogP contribution >= 0.6 is 23.2 Å². The maximum atomic E-state index is 13.1. The SMILES string of the molecule is Cc1cnc(-n2ccc(Cl)c(C(C)(C)O)c2=O)cc1-n1c(C)cc(OCc2ccc(Cl)cn2)cc1=O. The second kappa shape index (κ2) is 9.89. The highest BCUT2D eigenvalue weighted by Gasteiger charge is 2.25. The Hall–Kier alpha value is -3.46. The van der Waals surface area contributed by atoms with E-state index in [1.807, 2.05) is 6.92 Å². The van der Waals surface area contributed by atoms with E-state index in [1.54, 1.807) is 37.4 Å². The summed E-state index contributed by atoms with van der Waals surface area (Å²) in [5.41, 5.74) is 0.386. The number of aliphatic hydroxyl groups is 1. The predicted octanol–water partition coefficient (Wildman–Crippen LogP) is 4.51. The number of nitrogens with zero attached hydrogens (tertiary/aromatic N) is 4. The van der Waals surface area contributed by atoms with Crippen LogP contribution in [0.3, 0.4) is 0 Å². The molecule has 10 heteroatoms. The van der Waals surface area contributed by atoms with E-state index < -0.39 is 11.2 Å². The zero-order valence-corrected chi connectivity index (χ0v) is 21.6. The van der Waals surface area contributed by atoms with Gasteiger partial charge in [0.2, 0.25) is 0 Å². The number of hydrogen-bond donors (Lipinski definition) is 1. The molecule has 4 aromatic rings. The van der Waals surface area contributed by atoms with Crippen molar-refractivity contribution >= 4 is 23.2 Å². The molecule has 1 N–H and O–H groups in total. The first-order valence-electron chi connectivity index (χ1n) is 11.0. The van der Waals surface area contributed by atoms with Crippen LogP contribution in [0.5, 0.6) is 5.75 Å². The molecular formula is C26H24Cl2N4O4. The van der Waals surface area contributed by atoms with Crippen molar-refractivity contribution in [2.45, 2.75) is 39.9 Å². The molecule has 36 heavy (non-hydrogen) atoms. The lowest BCUT2D eigenvalue weighted by Gasteiger charge is -2.20. The van der Waals surface area contributed by atoms with Crippen molar-refractivity contribution in [3.05, 3.63) is 108 Å². The predicted molar refractivity (Wildman–Crippen MR) is 139 cm³/mol. The van der Waals surface area contributed by atoms with Gasteiger partial charge >= 0.3 is 0 Å². The summed E-state index contributed by atoms with van der Waals surface area (Å²) in [6.07, 6.45) is 4.60. The Balaban J connectivity index is 1.72. The van der Waals surface area contributed by atoms with Crippen LogP contribution in [0, 0.1) is 13.8 Å². The van der Waals surface area contributed by atoms with Crippen LogP contribution in [0.15, 0.2) is 64.6 Å². The molecule has 0 radical (unpaired) electrons. The molecule has 0 saturated carbocycles. The summed E-state index contributed by atoms with van der Waals surface area (Å²) in [5, 5.41) is 11.1. The second-order valence-electron chi connectivity index (χ2n) is 8.86. The van der Waals surface area contributed by atoms with E-state index in [-0.39, 0.29) is 28.6 Å². The van der Waals surface area contributed by atoms with Crippen molar-refractivity contribution in [1.82, 2.24) is 19.1 Å². The molecule has 4 rings (SSSR count). The minimum absolute atomic E-state index is 0.0561. The first kappa shape index (κ1) is 25.6. The van der Waals surface area contributed by atoms with Gasteiger partial charge in [0.15, 0.2) is 0 Å². The molecule has 0 fully saturated rings. The average molecular weight is 527 g/mol.